The fourth-order valence-corrected chi connectivity index (χ4v) is 1.54. The van der Waals surface area contributed by atoms with Gasteiger partial charge >= 0.3 is 0 Å². The van der Waals surface area contributed by atoms with Crippen LogP contribution in [0.3, 0.4) is 0 Å². The molecule has 0 heterocycles. The summed E-state index contributed by atoms with van der Waals surface area (Å²) in [4.78, 5) is 2.08. The molecule has 0 aliphatic carbocycles. The smallest absolute Gasteiger partial charge is 0.0900 e. The van der Waals surface area contributed by atoms with Gasteiger partial charge in [-0.25, -0.2) is 0 Å². The zero-order valence-electron chi connectivity index (χ0n) is 11.5. The predicted molar refractivity (Wildman–Crippen MR) is 67.3 cm³/mol. The summed E-state index contributed by atoms with van der Waals surface area (Å²) >= 11 is 0. The Balaban J connectivity index is 3.52. The number of nitrogens with zero attached hydrogens (tertiary/aromatic N) is 1. The number of aliphatic hydroxyl groups is 1. The molecular weight excluding hydrogens is 222 g/mol. The third-order valence-electron chi connectivity index (χ3n) is 2.39. The molecule has 1 N–H and O–H groups in total. The summed E-state index contributed by atoms with van der Waals surface area (Å²) in [5, 5.41) is 9.75. The summed E-state index contributed by atoms with van der Waals surface area (Å²) in [5.74, 6) is 0. The number of hydrogen-bond donors (Lipinski definition) is 1. The fraction of sp³-hybridized carbons (Fsp3) is 1.00. The Morgan fingerprint density at radius 3 is 2.47 bits per heavy atom. The highest BCUT2D eigenvalue weighted by Gasteiger charge is 2.10. The molecule has 2 atom stereocenters. The molecule has 0 saturated carbocycles. The van der Waals surface area contributed by atoms with E-state index in [1.807, 2.05) is 14.0 Å². The maximum Gasteiger partial charge on any atom is 0.0900 e. The van der Waals surface area contributed by atoms with Crippen molar-refractivity contribution in [3.8, 4) is 0 Å². The lowest BCUT2D eigenvalue weighted by atomic mass is 10.3. The number of likely N-dealkylation sites (N-methyl/N-ethyl adjacent to an activating group) is 1. The molecule has 0 radical (unpaired) electrons. The largest absolute Gasteiger partial charge is 0.389 e. The van der Waals surface area contributed by atoms with Gasteiger partial charge in [0.15, 0.2) is 0 Å². The van der Waals surface area contributed by atoms with Gasteiger partial charge < -0.3 is 24.2 Å². The Hall–Kier alpha value is -0.200. The van der Waals surface area contributed by atoms with E-state index < -0.39 is 6.10 Å². The van der Waals surface area contributed by atoms with Crippen LogP contribution in [-0.2, 0) is 14.2 Å². The van der Waals surface area contributed by atoms with Crippen LogP contribution in [0.2, 0.25) is 0 Å². The van der Waals surface area contributed by atoms with Gasteiger partial charge in [-0.05, 0) is 20.4 Å². The van der Waals surface area contributed by atoms with Crippen molar-refractivity contribution in [1.29, 1.82) is 0 Å². The highest BCUT2D eigenvalue weighted by Crippen LogP contribution is 1.97. The molecule has 0 fully saturated rings. The molecule has 5 nitrogen and oxygen atoms in total. The molecule has 0 saturated heterocycles. The lowest BCUT2D eigenvalue weighted by molar-refractivity contribution is -0.0383. The van der Waals surface area contributed by atoms with Crippen LogP contribution in [0.5, 0.6) is 0 Å². The normalized spacial score (nSPS) is 15.2. The van der Waals surface area contributed by atoms with Crippen LogP contribution < -0.4 is 0 Å². The minimum atomic E-state index is -0.457. The van der Waals surface area contributed by atoms with E-state index in [0.29, 0.717) is 19.8 Å². The van der Waals surface area contributed by atoms with Crippen molar-refractivity contribution in [3.05, 3.63) is 0 Å². The number of rotatable bonds is 11. The zero-order valence-corrected chi connectivity index (χ0v) is 11.5. The predicted octanol–water partition coefficient (Wildman–Crippen LogP) is 0.367. The van der Waals surface area contributed by atoms with Crippen LogP contribution in [0.1, 0.15) is 13.3 Å². The first kappa shape index (κ1) is 16.8. The molecule has 0 rings (SSSR count). The van der Waals surface area contributed by atoms with Crippen LogP contribution in [-0.4, -0.2) is 76.4 Å². The average molecular weight is 249 g/mol. The molecule has 0 aromatic carbocycles. The first-order valence-corrected chi connectivity index (χ1v) is 6.06. The van der Waals surface area contributed by atoms with E-state index in [2.05, 4.69) is 4.90 Å². The van der Waals surface area contributed by atoms with Crippen molar-refractivity contribution < 1.29 is 19.3 Å². The lowest BCUT2D eigenvalue weighted by Gasteiger charge is -2.21. The van der Waals surface area contributed by atoms with Gasteiger partial charge in [0.05, 0.1) is 25.4 Å². The van der Waals surface area contributed by atoms with Crippen LogP contribution in [0.25, 0.3) is 0 Å². The highest BCUT2D eigenvalue weighted by molar-refractivity contribution is 4.61. The Morgan fingerprint density at radius 2 is 1.88 bits per heavy atom. The molecule has 5 heteroatoms. The first-order chi connectivity index (χ1) is 8.10. The van der Waals surface area contributed by atoms with Crippen LogP contribution in [0.4, 0.5) is 0 Å². The summed E-state index contributed by atoms with van der Waals surface area (Å²) in [7, 11) is 5.32. The monoisotopic (exact) mass is 249 g/mol. The van der Waals surface area contributed by atoms with E-state index in [9.17, 15) is 5.11 Å². The van der Waals surface area contributed by atoms with Crippen LogP contribution >= 0.6 is 0 Å². The van der Waals surface area contributed by atoms with Gasteiger partial charge in [0.2, 0.25) is 0 Å². The van der Waals surface area contributed by atoms with Gasteiger partial charge in [-0.3, -0.25) is 0 Å². The third kappa shape index (κ3) is 10.7. The molecule has 0 aromatic rings. The summed E-state index contributed by atoms with van der Waals surface area (Å²) in [6, 6.07) is 0. The molecule has 0 aliphatic heterocycles. The molecular formula is C12H27NO4. The number of methoxy groups -OCH3 is 2. The van der Waals surface area contributed by atoms with Gasteiger partial charge in [0.1, 0.15) is 0 Å². The van der Waals surface area contributed by atoms with Crippen molar-refractivity contribution in [2.24, 2.45) is 0 Å². The fourth-order valence-electron chi connectivity index (χ4n) is 1.54. The third-order valence-corrected chi connectivity index (χ3v) is 2.39. The first-order valence-electron chi connectivity index (χ1n) is 6.06. The average Bonchev–Trinajstić information content (AvgIpc) is 2.27. The van der Waals surface area contributed by atoms with E-state index in [0.717, 1.165) is 19.6 Å². The van der Waals surface area contributed by atoms with Gasteiger partial charge in [0.25, 0.3) is 0 Å². The van der Waals surface area contributed by atoms with E-state index in [4.69, 9.17) is 14.2 Å². The highest BCUT2D eigenvalue weighted by atomic mass is 16.5. The molecule has 2 unspecified atom stereocenters. The van der Waals surface area contributed by atoms with Crippen molar-refractivity contribution in [2.45, 2.75) is 25.6 Å². The number of ether oxygens (including phenoxy) is 3. The lowest BCUT2D eigenvalue weighted by Crippen LogP contribution is -2.34. The minimum absolute atomic E-state index is 0.0217. The van der Waals surface area contributed by atoms with E-state index in [-0.39, 0.29) is 6.10 Å². The summed E-state index contributed by atoms with van der Waals surface area (Å²) in [6.07, 6.45) is 0.538. The van der Waals surface area contributed by atoms with Crippen molar-refractivity contribution in [3.63, 3.8) is 0 Å². The summed E-state index contributed by atoms with van der Waals surface area (Å²) < 4.78 is 15.4. The second-order valence-corrected chi connectivity index (χ2v) is 4.36. The molecule has 0 bridgehead atoms. The second kappa shape index (κ2) is 10.9. The number of hydrogen-bond acceptors (Lipinski definition) is 5. The van der Waals surface area contributed by atoms with E-state index in [1.54, 1.807) is 14.2 Å². The van der Waals surface area contributed by atoms with Gasteiger partial charge in [0, 0.05) is 33.9 Å². The maximum absolute atomic E-state index is 9.75. The zero-order chi connectivity index (χ0) is 13.1. The minimum Gasteiger partial charge on any atom is -0.389 e. The standard InChI is InChI=1S/C12H27NO4/c1-11(9-16-4)17-10-12(14)8-13(2)6-5-7-15-3/h11-12,14H,5-10H2,1-4H3. The van der Waals surface area contributed by atoms with Crippen molar-refractivity contribution in [2.75, 3.05) is 54.2 Å². The number of aliphatic hydroxyl groups excluding tert-OH is 1. The van der Waals surface area contributed by atoms with Gasteiger partial charge in [-0.15, -0.1) is 0 Å². The van der Waals surface area contributed by atoms with Crippen LogP contribution in [0, 0.1) is 0 Å². The Morgan fingerprint density at radius 1 is 1.18 bits per heavy atom. The maximum atomic E-state index is 9.75. The molecule has 0 aliphatic rings. The Bertz CT molecular complexity index is 169. The SMILES string of the molecule is COCCCN(C)CC(O)COC(C)COC. The molecule has 0 amide bonds. The van der Waals surface area contributed by atoms with Crippen LogP contribution in [0.15, 0.2) is 0 Å². The topological polar surface area (TPSA) is 51.2 Å². The van der Waals surface area contributed by atoms with Crippen molar-refractivity contribution in [1.82, 2.24) is 4.90 Å². The summed E-state index contributed by atoms with van der Waals surface area (Å²) in [6.45, 7) is 5.11. The molecule has 104 valence electrons. The van der Waals surface area contributed by atoms with E-state index >= 15 is 0 Å². The Labute approximate surface area is 105 Å². The van der Waals surface area contributed by atoms with Gasteiger partial charge in [-0.1, -0.05) is 0 Å². The second-order valence-electron chi connectivity index (χ2n) is 4.36. The summed E-state index contributed by atoms with van der Waals surface area (Å²) in [5.41, 5.74) is 0. The Kier molecular flexibility index (Phi) is 10.8. The molecule has 0 spiro atoms. The molecule has 17 heavy (non-hydrogen) atoms. The van der Waals surface area contributed by atoms with E-state index in [1.165, 1.54) is 0 Å². The quantitative estimate of drug-likeness (QED) is 0.536. The van der Waals surface area contributed by atoms with Crippen molar-refractivity contribution >= 4 is 0 Å². The van der Waals surface area contributed by atoms with Gasteiger partial charge in [-0.2, -0.15) is 0 Å². The molecule has 0 aromatic heterocycles.